The smallest absolute Gasteiger partial charge is 0.410 e. The summed E-state index contributed by atoms with van der Waals surface area (Å²) in [4.78, 5) is 41.1. The maximum atomic E-state index is 12.6. The van der Waals surface area contributed by atoms with Gasteiger partial charge in [-0.3, -0.25) is 9.69 Å². The summed E-state index contributed by atoms with van der Waals surface area (Å²) < 4.78 is 10.6. The second-order valence-electron chi connectivity index (χ2n) is 7.30. The van der Waals surface area contributed by atoms with E-state index in [1.807, 2.05) is 30.3 Å². The molecule has 8 heteroatoms. The van der Waals surface area contributed by atoms with E-state index in [0.29, 0.717) is 5.69 Å². The number of carbonyl (C=O) groups is 3. The Balaban J connectivity index is 2.13. The molecule has 0 aliphatic heterocycles. The van der Waals surface area contributed by atoms with Crippen LogP contribution < -0.4 is 0 Å². The number of ether oxygens (including phenoxy) is 2. The van der Waals surface area contributed by atoms with Crippen molar-refractivity contribution in [1.82, 2.24) is 9.88 Å². The third-order valence-electron chi connectivity index (χ3n) is 3.58. The summed E-state index contributed by atoms with van der Waals surface area (Å²) in [6, 6.07) is 13.5. The third-order valence-corrected chi connectivity index (χ3v) is 3.58. The van der Waals surface area contributed by atoms with Crippen molar-refractivity contribution in [3.8, 4) is 0 Å². The minimum atomic E-state index is -1.18. The summed E-state index contributed by atoms with van der Waals surface area (Å²) in [5.41, 5.74) is 0.240. The van der Waals surface area contributed by atoms with Crippen LogP contribution in [0.4, 0.5) is 4.79 Å². The Morgan fingerprint density at radius 1 is 1.03 bits per heavy atom. The van der Waals surface area contributed by atoms with E-state index in [9.17, 15) is 14.4 Å². The summed E-state index contributed by atoms with van der Waals surface area (Å²) in [6.07, 6.45) is -0.734. The molecule has 0 unspecified atom stereocenters. The van der Waals surface area contributed by atoms with Crippen molar-refractivity contribution in [2.45, 2.75) is 39.5 Å². The Labute approximate surface area is 169 Å². The number of aromatic nitrogens is 1. The van der Waals surface area contributed by atoms with Gasteiger partial charge in [0.1, 0.15) is 24.4 Å². The van der Waals surface area contributed by atoms with Gasteiger partial charge < -0.3 is 14.6 Å². The molecule has 1 heterocycles. The molecule has 154 valence electrons. The molecule has 0 spiro atoms. The monoisotopic (exact) mass is 400 g/mol. The topological polar surface area (TPSA) is 106 Å². The average Bonchev–Trinajstić information content (AvgIpc) is 2.65. The number of amides is 1. The van der Waals surface area contributed by atoms with E-state index in [2.05, 4.69) is 4.98 Å². The molecule has 0 saturated heterocycles. The van der Waals surface area contributed by atoms with E-state index in [-0.39, 0.29) is 25.4 Å². The fourth-order valence-electron chi connectivity index (χ4n) is 2.41. The lowest BCUT2D eigenvalue weighted by molar-refractivity contribution is -0.155. The van der Waals surface area contributed by atoms with Gasteiger partial charge in [-0.25, -0.2) is 14.6 Å². The van der Waals surface area contributed by atoms with Crippen LogP contribution in [0.25, 0.3) is 0 Å². The number of carbonyl (C=O) groups excluding carboxylic acids is 2. The molecular weight excluding hydrogens is 376 g/mol. The number of aromatic carboxylic acids is 1. The van der Waals surface area contributed by atoms with Crippen molar-refractivity contribution in [3.63, 3.8) is 0 Å². The van der Waals surface area contributed by atoms with Gasteiger partial charge in [-0.2, -0.15) is 0 Å². The molecule has 0 saturated carbocycles. The number of hydrogen-bond donors (Lipinski definition) is 1. The van der Waals surface area contributed by atoms with Crippen molar-refractivity contribution in [2.75, 3.05) is 6.54 Å². The fourth-order valence-corrected chi connectivity index (χ4v) is 2.41. The highest BCUT2D eigenvalue weighted by molar-refractivity contribution is 5.85. The number of rotatable bonds is 7. The molecule has 1 N–H and O–H groups in total. The van der Waals surface area contributed by atoms with Gasteiger partial charge >= 0.3 is 18.0 Å². The quantitative estimate of drug-likeness (QED) is 0.711. The highest BCUT2D eigenvalue weighted by Crippen LogP contribution is 2.11. The first-order chi connectivity index (χ1) is 13.6. The Bertz CT molecular complexity index is 861. The molecule has 0 fully saturated rings. The zero-order valence-corrected chi connectivity index (χ0v) is 16.6. The summed E-state index contributed by atoms with van der Waals surface area (Å²) in [6.45, 7) is 4.74. The first kappa shape index (κ1) is 21.9. The van der Waals surface area contributed by atoms with Gasteiger partial charge in [0.25, 0.3) is 0 Å². The summed E-state index contributed by atoms with van der Waals surface area (Å²) in [7, 11) is 0. The zero-order valence-electron chi connectivity index (χ0n) is 16.6. The molecule has 0 bridgehead atoms. The lowest BCUT2D eigenvalue weighted by Gasteiger charge is -2.24. The molecule has 29 heavy (non-hydrogen) atoms. The van der Waals surface area contributed by atoms with E-state index < -0.39 is 23.6 Å². The second-order valence-corrected chi connectivity index (χ2v) is 7.30. The molecule has 1 amide bonds. The number of hydrogen-bond acceptors (Lipinski definition) is 6. The molecule has 0 aliphatic rings. The number of benzene rings is 1. The summed E-state index contributed by atoms with van der Waals surface area (Å²) in [5.74, 6) is -1.79. The minimum Gasteiger partial charge on any atom is -0.477 e. The number of esters is 1. The van der Waals surface area contributed by atoms with Crippen molar-refractivity contribution >= 4 is 18.0 Å². The zero-order chi connectivity index (χ0) is 21.4. The normalized spacial score (nSPS) is 10.9. The maximum absolute atomic E-state index is 12.6. The van der Waals surface area contributed by atoms with Gasteiger partial charge in [-0.15, -0.1) is 0 Å². The highest BCUT2D eigenvalue weighted by Gasteiger charge is 2.24. The van der Waals surface area contributed by atoms with E-state index in [1.165, 1.54) is 12.1 Å². The lowest BCUT2D eigenvalue weighted by Crippen LogP contribution is -2.38. The Kier molecular flexibility index (Phi) is 7.30. The van der Waals surface area contributed by atoms with Gasteiger partial charge in [0.05, 0.1) is 12.2 Å². The van der Waals surface area contributed by atoms with Gasteiger partial charge in [0.15, 0.2) is 0 Å². The van der Waals surface area contributed by atoms with Crippen LogP contribution in [0.5, 0.6) is 0 Å². The molecule has 8 nitrogen and oxygen atoms in total. The van der Waals surface area contributed by atoms with Gasteiger partial charge in [0, 0.05) is 0 Å². The average molecular weight is 400 g/mol. The molecule has 0 aliphatic carbocycles. The van der Waals surface area contributed by atoms with Crippen molar-refractivity contribution < 1.29 is 29.0 Å². The SMILES string of the molecule is CC(C)(C)OC(=O)CN(Cc1cccc(C(=O)O)n1)C(=O)OCc1ccccc1. The molecule has 0 radical (unpaired) electrons. The van der Waals surface area contributed by atoms with Crippen molar-refractivity contribution in [3.05, 3.63) is 65.5 Å². The van der Waals surface area contributed by atoms with E-state index in [0.717, 1.165) is 10.5 Å². The van der Waals surface area contributed by atoms with Crippen LogP contribution in [-0.2, 0) is 27.4 Å². The van der Waals surface area contributed by atoms with Crippen molar-refractivity contribution in [2.24, 2.45) is 0 Å². The van der Waals surface area contributed by atoms with Crippen molar-refractivity contribution in [1.29, 1.82) is 0 Å². The Morgan fingerprint density at radius 2 is 1.72 bits per heavy atom. The Morgan fingerprint density at radius 3 is 2.34 bits per heavy atom. The molecule has 2 rings (SSSR count). The summed E-state index contributed by atoms with van der Waals surface area (Å²) >= 11 is 0. The third kappa shape index (κ3) is 7.61. The van der Waals surface area contributed by atoms with Gasteiger partial charge in [0.2, 0.25) is 0 Å². The van der Waals surface area contributed by atoms with Gasteiger partial charge in [-0.1, -0.05) is 36.4 Å². The lowest BCUT2D eigenvalue weighted by atomic mass is 10.2. The predicted molar refractivity (Wildman–Crippen MR) is 104 cm³/mol. The van der Waals surface area contributed by atoms with Crippen LogP contribution in [-0.4, -0.2) is 45.2 Å². The number of carboxylic acid groups (broad SMARTS) is 1. The second kappa shape index (κ2) is 9.68. The first-order valence-corrected chi connectivity index (χ1v) is 9.01. The van der Waals surface area contributed by atoms with Gasteiger partial charge in [-0.05, 0) is 38.5 Å². The van der Waals surface area contributed by atoms with Crippen LogP contribution in [0.2, 0.25) is 0 Å². The predicted octanol–water partition coefficient (Wildman–Crippen LogP) is 3.26. The van der Waals surface area contributed by atoms with Crippen LogP contribution in [0.1, 0.15) is 42.5 Å². The molecule has 2 aromatic rings. The molecular formula is C21H24N2O6. The van der Waals surface area contributed by atoms with Crippen LogP contribution in [0, 0.1) is 0 Å². The molecule has 0 atom stereocenters. The highest BCUT2D eigenvalue weighted by atomic mass is 16.6. The van der Waals surface area contributed by atoms with E-state index in [1.54, 1.807) is 26.8 Å². The fraction of sp³-hybridized carbons (Fsp3) is 0.333. The standard InChI is InChI=1S/C21H24N2O6/c1-21(2,3)29-18(24)13-23(12-16-10-7-11-17(22-16)19(25)26)20(27)28-14-15-8-5-4-6-9-15/h4-11H,12-14H2,1-3H3,(H,25,26). The maximum Gasteiger partial charge on any atom is 0.410 e. The molecule has 1 aromatic heterocycles. The number of carboxylic acids is 1. The minimum absolute atomic E-state index is 0.0348. The largest absolute Gasteiger partial charge is 0.477 e. The van der Waals surface area contributed by atoms with E-state index >= 15 is 0 Å². The number of pyridine rings is 1. The van der Waals surface area contributed by atoms with Crippen LogP contribution in [0.3, 0.4) is 0 Å². The van der Waals surface area contributed by atoms with Crippen LogP contribution >= 0.6 is 0 Å². The van der Waals surface area contributed by atoms with E-state index in [4.69, 9.17) is 14.6 Å². The summed E-state index contributed by atoms with van der Waals surface area (Å²) in [5, 5.41) is 9.09. The Hall–Kier alpha value is -3.42. The number of nitrogens with zero attached hydrogens (tertiary/aromatic N) is 2. The van der Waals surface area contributed by atoms with Crippen LogP contribution in [0.15, 0.2) is 48.5 Å². The molecule has 1 aromatic carbocycles. The first-order valence-electron chi connectivity index (χ1n) is 9.01.